The second kappa shape index (κ2) is 7.20. The van der Waals surface area contributed by atoms with E-state index in [1.54, 1.807) is 11.0 Å². The molecule has 0 saturated carbocycles. The zero-order valence-corrected chi connectivity index (χ0v) is 14.7. The summed E-state index contributed by atoms with van der Waals surface area (Å²) in [7, 11) is 0. The molecule has 2 heterocycles. The van der Waals surface area contributed by atoms with E-state index in [4.69, 9.17) is 4.74 Å². The quantitative estimate of drug-likeness (QED) is 0.726. The van der Waals surface area contributed by atoms with E-state index in [0.717, 1.165) is 5.56 Å². The molecular weight excluding hydrogens is 373 g/mol. The van der Waals surface area contributed by atoms with Gasteiger partial charge in [-0.25, -0.2) is 0 Å². The number of aromatic amines is 1. The number of nitrogens with zero attached hydrogens (tertiary/aromatic N) is 1. The van der Waals surface area contributed by atoms with Crippen LogP contribution in [-0.2, 0) is 4.74 Å². The maximum atomic E-state index is 12.9. The summed E-state index contributed by atoms with van der Waals surface area (Å²) in [5, 5.41) is 0.630. The van der Waals surface area contributed by atoms with Crippen LogP contribution in [0.25, 0.3) is 10.9 Å². The number of carbonyl (C=O) groups excluding carboxylic acids is 1. The van der Waals surface area contributed by atoms with Crippen molar-refractivity contribution in [3.8, 4) is 5.75 Å². The summed E-state index contributed by atoms with van der Waals surface area (Å²) >= 11 is 0. The van der Waals surface area contributed by atoms with Crippen molar-refractivity contribution in [2.24, 2.45) is 0 Å². The fourth-order valence-electron chi connectivity index (χ4n) is 3.29. The Bertz CT molecular complexity index is 985. The van der Waals surface area contributed by atoms with E-state index in [0.29, 0.717) is 36.3 Å². The number of carbonyl (C=O) groups is 1. The number of hydrogen-bond donors (Lipinski definition) is 1. The zero-order valence-electron chi connectivity index (χ0n) is 14.7. The van der Waals surface area contributed by atoms with Gasteiger partial charge < -0.3 is 19.4 Å². The molecule has 0 radical (unpaired) electrons. The van der Waals surface area contributed by atoms with Gasteiger partial charge in [-0.15, -0.1) is 13.2 Å². The van der Waals surface area contributed by atoms with E-state index in [-0.39, 0.29) is 17.8 Å². The average molecular weight is 390 g/mol. The second-order valence-corrected chi connectivity index (χ2v) is 6.50. The lowest BCUT2D eigenvalue weighted by molar-refractivity contribution is -0.274. The molecule has 28 heavy (non-hydrogen) atoms. The Labute approximate surface area is 158 Å². The number of aromatic nitrogens is 1. The van der Waals surface area contributed by atoms with Crippen LogP contribution in [0, 0.1) is 0 Å². The first kappa shape index (κ1) is 18.4. The van der Waals surface area contributed by atoms with E-state index in [2.05, 4.69) is 9.72 Å². The van der Waals surface area contributed by atoms with Gasteiger partial charge in [0.25, 0.3) is 5.91 Å². The standard InChI is InChI=1S/C20H17F3N2O3/c21-20(22,23)28-15-7-6-14-10-17(24-16(14)11-15)19(26)25-8-9-27-18(12-25)13-4-2-1-3-5-13/h1-7,10-11,18,24H,8-9,12H2. The number of benzene rings is 2. The molecule has 1 aromatic heterocycles. The van der Waals surface area contributed by atoms with Crippen LogP contribution in [0.15, 0.2) is 54.6 Å². The van der Waals surface area contributed by atoms with Crippen LogP contribution in [0.1, 0.15) is 22.2 Å². The number of fused-ring (bicyclic) bond motifs is 1. The predicted octanol–water partition coefficient (Wildman–Crippen LogP) is 4.28. The first-order chi connectivity index (χ1) is 13.4. The molecule has 1 atom stereocenters. The Morgan fingerprint density at radius 2 is 1.93 bits per heavy atom. The summed E-state index contributed by atoms with van der Waals surface area (Å²) in [5.41, 5.74) is 1.71. The highest BCUT2D eigenvalue weighted by molar-refractivity contribution is 5.98. The Kier molecular flexibility index (Phi) is 4.72. The number of morpholine rings is 1. The number of H-pyrrole nitrogens is 1. The van der Waals surface area contributed by atoms with Gasteiger partial charge in [-0.1, -0.05) is 30.3 Å². The number of alkyl halides is 3. The third kappa shape index (κ3) is 3.96. The van der Waals surface area contributed by atoms with Gasteiger partial charge in [-0.2, -0.15) is 0 Å². The molecule has 146 valence electrons. The van der Waals surface area contributed by atoms with Crippen molar-refractivity contribution in [2.45, 2.75) is 12.5 Å². The highest BCUT2D eigenvalue weighted by Gasteiger charge is 2.31. The van der Waals surface area contributed by atoms with Crippen molar-refractivity contribution < 1.29 is 27.4 Å². The largest absolute Gasteiger partial charge is 0.573 e. The minimum Gasteiger partial charge on any atom is -0.406 e. The van der Waals surface area contributed by atoms with E-state index < -0.39 is 6.36 Å². The lowest BCUT2D eigenvalue weighted by Crippen LogP contribution is -2.42. The van der Waals surface area contributed by atoms with Gasteiger partial charge in [0, 0.05) is 23.5 Å². The SMILES string of the molecule is O=C(c1cc2ccc(OC(F)(F)F)cc2[nH]1)N1CCOC(c2ccccc2)C1. The number of hydrogen-bond acceptors (Lipinski definition) is 3. The van der Waals surface area contributed by atoms with Gasteiger partial charge in [0.2, 0.25) is 0 Å². The van der Waals surface area contributed by atoms with Gasteiger partial charge in [0.05, 0.1) is 13.2 Å². The van der Waals surface area contributed by atoms with Crippen molar-refractivity contribution in [1.29, 1.82) is 0 Å². The van der Waals surface area contributed by atoms with E-state index in [9.17, 15) is 18.0 Å². The number of rotatable bonds is 3. The minimum atomic E-state index is -4.76. The molecule has 1 N–H and O–H groups in total. The molecule has 5 nitrogen and oxygen atoms in total. The first-order valence-electron chi connectivity index (χ1n) is 8.73. The molecule has 8 heteroatoms. The molecule has 1 aliphatic heterocycles. The van der Waals surface area contributed by atoms with Crippen molar-refractivity contribution >= 4 is 16.8 Å². The lowest BCUT2D eigenvalue weighted by atomic mass is 10.1. The number of nitrogens with one attached hydrogen (secondary N) is 1. The second-order valence-electron chi connectivity index (χ2n) is 6.50. The number of ether oxygens (including phenoxy) is 2. The van der Waals surface area contributed by atoms with Crippen LogP contribution < -0.4 is 4.74 Å². The van der Waals surface area contributed by atoms with E-state index in [1.807, 2.05) is 30.3 Å². The van der Waals surface area contributed by atoms with E-state index >= 15 is 0 Å². The molecule has 1 unspecified atom stereocenters. The fraction of sp³-hybridized carbons (Fsp3) is 0.250. The summed E-state index contributed by atoms with van der Waals surface area (Å²) < 4.78 is 46.9. The topological polar surface area (TPSA) is 54.6 Å². The van der Waals surface area contributed by atoms with Gasteiger partial charge in [-0.05, 0) is 23.8 Å². The van der Waals surface area contributed by atoms with Gasteiger partial charge in [0.15, 0.2) is 0 Å². The number of halogens is 3. The maximum Gasteiger partial charge on any atom is 0.573 e. The van der Waals surface area contributed by atoms with Crippen LogP contribution >= 0.6 is 0 Å². The van der Waals surface area contributed by atoms with Gasteiger partial charge in [-0.3, -0.25) is 4.79 Å². The van der Waals surface area contributed by atoms with Gasteiger partial charge in [0.1, 0.15) is 17.5 Å². The summed E-state index contributed by atoms with van der Waals surface area (Å²) in [6.45, 7) is 1.26. The van der Waals surface area contributed by atoms with Crippen LogP contribution in [-0.4, -0.2) is 41.8 Å². The highest BCUT2D eigenvalue weighted by atomic mass is 19.4. The predicted molar refractivity (Wildman–Crippen MR) is 96.0 cm³/mol. The molecule has 2 aromatic carbocycles. The molecule has 4 rings (SSSR count). The smallest absolute Gasteiger partial charge is 0.406 e. The van der Waals surface area contributed by atoms with Crippen molar-refractivity contribution in [3.63, 3.8) is 0 Å². The first-order valence-corrected chi connectivity index (χ1v) is 8.73. The summed E-state index contributed by atoms with van der Waals surface area (Å²) in [6.07, 6.45) is -4.98. The van der Waals surface area contributed by atoms with Crippen LogP contribution in [0.4, 0.5) is 13.2 Å². The van der Waals surface area contributed by atoms with Crippen molar-refractivity contribution in [1.82, 2.24) is 9.88 Å². The Morgan fingerprint density at radius 1 is 1.14 bits per heavy atom. The Hall–Kier alpha value is -3.00. The molecular formula is C20H17F3N2O3. The average Bonchev–Trinajstić information content (AvgIpc) is 3.10. The van der Waals surface area contributed by atoms with Crippen LogP contribution in [0.2, 0.25) is 0 Å². The molecule has 1 saturated heterocycles. The summed E-state index contributed by atoms with van der Waals surface area (Å²) in [5.74, 6) is -0.560. The molecule has 1 amide bonds. The monoisotopic (exact) mass is 390 g/mol. The molecule has 3 aromatic rings. The molecule has 0 aliphatic carbocycles. The lowest BCUT2D eigenvalue weighted by Gasteiger charge is -2.33. The highest BCUT2D eigenvalue weighted by Crippen LogP contribution is 2.28. The maximum absolute atomic E-state index is 12.9. The summed E-state index contributed by atoms with van der Waals surface area (Å²) in [6, 6.07) is 15.2. The molecule has 0 bridgehead atoms. The summed E-state index contributed by atoms with van der Waals surface area (Å²) in [4.78, 5) is 17.5. The molecule has 1 fully saturated rings. The fourth-order valence-corrected chi connectivity index (χ4v) is 3.29. The number of amides is 1. The Balaban J connectivity index is 1.53. The third-order valence-corrected chi connectivity index (χ3v) is 4.58. The van der Waals surface area contributed by atoms with Gasteiger partial charge >= 0.3 is 6.36 Å². The normalized spacial score (nSPS) is 17.7. The third-order valence-electron chi connectivity index (χ3n) is 4.58. The van der Waals surface area contributed by atoms with Crippen LogP contribution in [0.5, 0.6) is 5.75 Å². The van der Waals surface area contributed by atoms with Crippen molar-refractivity contribution in [2.75, 3.05) is 19.7 Å². The zero-order chi connectivity index (χ0) is 19.7. The Morgan fingerprint density at radius 3 is 2.68 bits per heavy atom. The molecule has 0 spiro atoms. The minimum absolute atomic E-state index is 0.213. The van der Waals surface area contributed by atoms with E-state index in [1.165, 1.54) is 18.2 Å². The van der Waals surface area contributed by atoms with Crippen molar-refractivity contribution in [3.05, 3.63) is 65.9 Å². The molecule has 1 aliphatic rings. The van der Waals surface area contributed by atoms with Crippen LogP contribution in [0.3, 0.4) is 0 Å².